The van der Waals surface area contributed by atoms with Gasteiger partial charge in [-0.05, 0) is 56.7 Å². The van der Waals surface area contributed by atoms with E-state index >= 15 is 0 Å². The zero-order valence-corrected chi connectivity index (χ0v) is 18.3. The minimum atomic E-state index is -0.826. The zero-order valence-electron chi connectivity index (χ0n) is 18.3. The van der Waals surface area contributed by atoms with Crippen LogP contribution in [0.5, 0.6) is 11.5 Å². The molecule has 2 aromatic heterocycles. The lowest BCUT2D eigenvalue weighted by atomic mass is 10.2. The Morgan fingerprint density at radius 1 is 1.30 bits per heavy atom. The summed E-state index contributed by atoms with van der Waals surface area (Å²) in [5, 5.41) is 19.2. The molecule has 0 bridgehead atoms. The number of furan rings is 1. The molecule has 0 saturated heterocycles. The van der Waals surface area contributed by atoms with Crippen LogP contribution in [0.15, 0.2) is 46.1 Å². The van der Waals surface area contributed by atoms with Gasteiger partial charge in [-0.2, -0.15) is 10.2 Å². The summed E-state index contributed by atoms with van der Waals surface area (Å²) in [5.41, 5.74) is 3.30. The number of esters is 1. The fraction of sp³-hybridized carbons (Fsp3) is 0.238. The summed E-state index contributed by atoms with van der Waals surface area (Å²) in [4.78, 5) is 35.1. The first kappa shape index (κ1) is 23.2. The summed E-state index contributed by atoms with van der Waals surface area (Å²) in [6.45, 7) is 4.59. The molecule has 1 aromatic carbocycles. The van der Waals surface area contributed by atoms with Crippen LogP contribution in [0.25, 0.3) is 0 Å². The SMILES string of the molecule is COc1cc(/C=N/NC(=O)C(C)n2nc(C)c([N+](=O)[O-])c2C)ccc1OC(=O)c1ccco1. The molecule has 12 heteroatoms. The Morgan fingerprint density at radius 2 is 2.06 bits per heavy atom. The minimum Gasteiger partial charge on any atom is -0.493 e. The summed E-state index contributed by atoms with van der Waals surface area (Å²) in [7, 11) is 1.41. The van der Waals surface area contributed by atoms with Crippen molar-refractivity contribution in [3.05, 3.63) is 69.4 Å². The van der Waals surface area contributed by atoms with Crippen molar-refractivity contribution in [1.29, 1.82) is 0 Å². The minimum absolute atomic E-state index is 0.0486. The van der Waals surface area contributed by atoms with Gasteiger partial charge >= 0.3 is 11.7 Å². The second-order valence-electron chi connectivity index (χ2n) is 6.91. The van der Waals surface area contributed by atoms with Gasteiger partial charge in [0.05, 0.1) is 24.5 Å². The van der Waals surface area contributed by atoms with Crippen molar-refractivity contribution in [3.63, 3.8) is 0 Å². The number of hydrogen-bond donors (Lipinski definition) is 1. The zero-order chi connectivity index (χ0) is 24.1. The first-order chi connectivity index (χ1) is 15.7. The molecule has 172 valence electrons. The van der Waals surface area contributed by atoms with Crippen molar-refractivity contribution in [1.82, 2.24) is 15.2 Å². The topological polar surface area (TPSA) is 151 Å². The van der Waals surface area contributed by atoms with E-state index in [2.05, 4.69) is 15.6 Å². The van der Waals surface area contributed by atoms with Crippen LogP contribution in [0.3, 0.4) is 0 Å². The average molecular weight is 455 g/mol. The van der Waals surface area contributed by atoms with E-state index < -0.39 is 22.8 Å². The van der Waals surface area contributed by atoms with Crippen molar-refractivity contribution in [3.8, 4) is 11.5 Å². The third-order valence-electron chi connectivity index (χ3n) is 4.72. The molecule has 0 aliphatic carbocycles. The Bertz CT molecular complexity index is 1210. The quantitative estimate of drug-likeness (QED) is 0.179. The van der Waals surface area contributed by atoms with E-state index in [-0.39, 0.29) is 34.3 Å². The van der Waals surface area contributed by atoms with Crippen molar-refractivity contribution >= 4 is 23.8 Å². The molecule has 2 heterocycles. The molecule has 0 aliphatic rings. The molecule has 0 spiro atoms. The van der Waals surface area contributed by atoms with Crippen LogP contribution in [-0.4, -0.2) is 39.9 Å². The van der Waals surface area contributed by atoms with E-state index in [0.29, 0.717) is 5.56 Å². The largest absolute Gasteiger partial charge is 0.493 e. The number of hydrazone groups is 1. The normalized spacial score (nSPS) is 11.9. The van der Waals surface area contributed by atoms with Gasteiger partial charge in [0.2, 0.25) is 5.76 Å². The average Bonchev–Trinajstić information content (AvgIpc) is 3.42. The number of hydrogen-bond acceptors (Lipinski definition) is 9. The maximum absolute atomic E-state index is 12.4. The standard InChI is InChI=1S/C21H21N5O7/c1-12-19(26(29)30)13(2)25(24-12)14(3)20(27)23-22-11-15-7-8-16(18(10-15)31-4)33-21(28)17-6-5-9-32-17/h5-11,14H,1-4H3,(H,23,27)/b22-11+. The van der Waals surface area contributed by atoms with Crippen LogP contribution in [0.4, 0.5) is 5.69 Å². The van der Waals surface area contributed by atoms with Crippen molar-refractivity contribution < 1.29 is 28.4 Å². The number of amides is 1. The van der Waals surface area contributed by atoms with Crippen molar-refractivity contribution in [2.24, 2.45) is 5.10 Å². The number of aromatic nitrogens is 2. The lowest BCUT2D eigenvalue weighted by Gasteiger charge is -2.11. The Labute approximate surface area is 187 Å². The Balaban J connectivity index is 1.67. The van der Waals surface area contributed by atoms with E-state index in [9.17, 15) is 19.7 Å². The van der Waals surface area contributed by atoms with Gasteiger partial charge in [0, 0.05) is 0 Å². The van der Waals surface area contributed by atoms with Crippen molar-refractivity contribution in [2.45, 2.75) is 26.8 Å². The van der Waals surface area contributed by atoms with Crippen LogP contribution in [0.1, 0.15) is 40.5 Å². The van der Waals surface area contributed by atoms with Crippen LogP contribution in [-0.2, 0) is 4.79 Å². The summed E-state index contributed by atoms with van der Waals surface area (Å²) in [6.07, 6.45) is 2.73. The predicted molar refractivity (Wildman–Crippen MR) is 115 cm³/mol. The van der Waals surface area contributed by atoms with Crippen LogP contribution in [0.2, 0.25) is 0 Å². The number of benzene rings is 1. The Hall–Kier alpha value is -4.48. The van der Waals surface area contributed by atoms with Crippen molar-refractivity contribution in [2.75, 3.05) is 7.11 Å². The first-order valence-corrected chi connectivity index (χ1v) is 9.69. The number of ether oxygens (including phenoxy) is 2. The number of nitrogens with one attached hydrogen (secondary N) is 1. The molecule has 0 fully saturated rings. The number of nitro groups is 1. The number of rotatable bonds is 8. The summed E-state index contributed by atoms with van der Waals surface area (Å²) >= 11 is 0. The molecule has 3 aromatic rings. The van der Waals surface area contributed by atoms with Crippen LogP contribution in [0, 0.1) is 24.0 Å². The third-order valence-corrected chi connectivity index (χ3v) is 4.72. The van der Waals surface area contributed by atoms with Crippen LogP contribution >= 0.6 is 0 Å². The molecule has 33 heavy (non-hydrogen) atoms. The summed E-state index contributed by atoms with van der Waals surface area (Å²) in [6, 6.07) is 6.90. The molecular formula is C21H21N5O7. The van der Waals surface area contributed by atoms with Gasteiger partial charge < -0.3 is 13.9 Å². The van der Waals surface area contributed by atoms with Gasteiger partial charge in [-0.3, -0.25) is 19.6 Å². The highest BCUT2D eigenvalue weighted by atomic mass is 16.6. The highest BCUT2D eigenvalue weighted by molar-refractivity contribution is 5.89. The fourth-order valence-electron chi connectivity index (χ4n) is 3.06. The smallest absolute Gasteiger partial charge is 0.379 e. The van der Waals surface area contributed by atoms with Gasteiger partial charge in [-0.15, -0.1) is 0 Å². The lowest BCUT2D eigenvalue weighted by Crippen LogP contribution is -2.28. The molecule has 1 N–H and O–H groups in total. The monoisotopic (exact) mass is 455 g/mol. The van der Waals surface area contributed by atoms with Gasteiger partial charge in [0.1, 0.15) is 17.4 Å². The number of carbonyl (C=O) groups is 2. The maximum atomic E-state index is 12.4. The molecule has 3 rings (SSSR count). The first-order valence-electron chi connectivity index (χ1n) is 9.69. The van der Waals surface area contributed by atoms with Gasteiger partial charge in [0.15, 0.2) is 11.5 Å². The lowest BCUT2D eigenvalue weighted by molar-refractivity contribution is -0.386. The molecule has 1 amide bonds. The number of aryl methyl sites for hydroxylation is 1. The second-order valence-corrected chi connectivity index (χ2v) is 6.91. The summed E-state index contributed by atoms with van der Waals surface area (Å²) in [5.74, 6) is -0.686. The Morgan fingerprint density at radius 3 is 2.67 bits per heavy atom. The van der Waals surface area contributed by atoms with Gasteiger partial charge in [0.25, 0.3) is 5.91 Å². The van der Waals surface area contributed by atoms with E-state index in [4.69, 9.17) is 13.9 Å². The number of carbonyl (C=O) groups excluding carboxylic acids is 2. The third kappa shape index (κ3) is 5.06. The van der Waals surface area contributed by atoms with E-state index in [0.717, 1.165) is 0 Å². The number of nitrogens with zero attached hydrogens (tertiary/aromatic N) is 4. The van der Waals surface area contributed by atoms with E-state index in [1.807, 2.05) is 0 Å². The predicted octanol–water partition coefficient (Wildman–Crippen LogP) is 2.94. The fourth-order valence-corrected chi connectivity index (χ4v) is 3.06. The molecule has 1 atom stereocenters. The van der Waals surface area contributed by atoms with Gasteiger partial charge in [-0.1, -0.05) is 0 Å². The molecule has 12 nitrogen and oxygen atoms in total. The summed E-state index contributed by atoms with van der Waals surface area (Å²) < 4.78 is 16.8. The molecule has 0 saturated carbocycles. The highest BCUT2D eigenvalue weighted by Gasteiger charge is 2.27. The van der Waals surface area contributed by atoms with E-state index in [1.165, 1.54) is 50.2 Å². The highest BCUT2D eigenvalue weighted by Crippen LogP contribution is 2.28. The Kier molecular flexibility index (Phi) is 6.86. The molecule has 0 aliphatic heterocycles. The molecule has 0 radical (unpaired) electrons. The maximum Gasteiger partial charge on any atom is 0.379 e. The van der Waals surface area contributed by atoms with E-state index in [1.54, 1.807) is 25.1 Å². The second kappa shape index (κ2) is 9.77. The van der Waals surface area contributed by atoms with Gasteiger partial charge in [-0.25, -0.2) is 10.2 Å². The number of methoxy groups -OCH3 is 1. The van der Waals surface area contributed by atoms with Crippen LogP contribution < -0.4 is 14.9 Å². The molecular weight excluding hydrogens is 434 g/mol. The molecule has 1 unspecified atom stereocenters.